The average molecular weight is 444 g/mol. The molecule has 144 valence electrons. The number of rotatable bonds is 7. The van der Waals surface area contributed by atoms with Crippen molar-refractivity contribution in [2.45, 2.75) is 6.04 Å². The molecule has 4 nitrogen and oxygen atoms in total. The van der Waals surface area contributed by atoms with Crippen LogP contribution in [0.3, 0.4) is 0 Å². The van der Waals surface area contributed by atoms with Gasteiger partial charge in [0.25, 0.3) is 5.91 Å². The van der Waals surface area contributed by atoms with E-state index in [9.17, 15) is 9.18 Å². The van der Waals surface area contributed by atoms with Crippen molar-refractivity contribution < 1.29 is 18.7 Å². The lowest BCUT2D eigenvalue weighted by Crippen LogP contribution is -2.33. The van der Waals surface area contributed by atoms with E-state index in [4.69, 9.17) is 9.47 Å². The van der Waals surface area contributed by atoms with Crippen LogP contribution in [0.5, 0.6) is 11.5 Å². The number of hydrogen-bond acceptors (Lipinski definition) is 3. The van der Waals surface area contributed by atoms with Crippen LogP contribution >= 0.6 is 15.9 Å². The molecule has 0 saturated carbocycles. The van der Waals surface area contributed by atoms with Gasteiger partial charge < -0.3 is 14.8 Å². The van der Waals surface area contributed by atoms with E-state index in [0.29, 0.717) is 21.5 Å². The van der Waals surface area contributed by atoms with Gasteiger partial charge in [0.05, 0.1) is 13.2 Å². The van der Waals surface area contributed by atoms with E-state index in [1.54, 1.807) is 30.3 Å². The molecule has 3 rings (SSSR count). The van der Waals surface area contributed by atoms with Crippen molar-refractivity contribution in [2.75, 3.05) is 13.7 Å². The number of benzene rings is 3. The SMILES string of the molecule is COc1ccccc1OCC(=O)N[C@@H](c1ccccc1)c1ccc(Br)cc1F. The summed E-state index contributed by atoms with van der Waals surface area (Å²) in [5.41, 5.74) is 1.15. The Morgan fingerprint density at radius 1 is 1.04 bits per heavy atom. The van der Waals surface area contributed by atoms with Crippen LogP contribution in [0.25, 0.3) is 0 Å². The number of carbonyl (C=O) groups is 1. The van der Waals surface area contributed by atoms with Gasteiger partial charge in [-0.2, -0.15) is 0 Å². The minimum absolute atomic E-state index is 0.220. The van der Waals surface area contributed by atoms with Crippen LogP contribution < -0.4 is 14.8 Å². The van der Waals surface area contributed by atoms with E-state index in [2.05, 4.69) is 21.2 Å². The molecule has 0 radical (unpaired) electrons. The van der Waals surface area contributed by atoms with E-state index >= 15 is 0 Å². The Bertz CT molecular complexity index is 950. The second-order valence-corrected chi connectivity index (χ2v) is 6.93. The van der Waals surface area contributed by atoms with E-state index in [1.807, 2.05) is 36.4 Å². The fourth-order valence-electron chi connectivity index (χ4n) is 2.81. The maximum atomic E-state index is 14.6. The summed E-state index contributed by atoms with van der Waals surface area (Å²) in [7, 11) is 1.53. The summed E-state index contributed by atoms with van der Waals surface area (Å²) in [5, 5.41) is 2.86. The first-order valence-corrected chi connectivity index (χ1v) is 9.43. The highest BCUT2D eigenvalue weighted by Gasteiger charge is 2.21. The van der Waals surface area contributed by atoms with Crippen LogP contribution in [0.1, 0.15) is 17.2 Å². The van der Waals surface area contributed by atoms with Gasteiger partial charge in [0.1, 0.15) is 5.82 Å². The third kappa shape index (κ3) is 4.89. The summed E-state index contributed by atoms with van der Waals surface area (Å²) in [6, 6.07) is 20.4. The fourth-order valence-corrected chi connectivity index (χ4v) is 3.14. The molecule has 0 heterocycles. The average Bonchev–Trinajstić information content (AvgIpc) is 2.72. The van der Waals surface area contributed by atoms with Crippen LogP contribution in [0.4, 0.5) is 4.39 Å². The highest BCUT2D eigenvalue weighted by molar-refractivity contribution is 9.10. The second-order valence-electron chi connectivity index (χ2n) is 6.02. The van der Waals surface area contributed by atoms with Crippen LogP contribution in [0.2, 0.25) is 0 Å². The first kappa shape index (κ1) is 19.9. The predicted octanol–water partition coefficient (Wildman–Crippen LogP) is 4.88. The molecule has 0 bridgehead atoms. The van der Waals surface area contributed by atoms with Crippen LogP contribution in [0, 0.1) is 5.82 Å². The molecule has 3 aromatic carbocycles. The zero-order valence-corrected chi connectivity index (χ0v) is 16.8. The molecule has 0 fully saturated rings. The number of hydrogen-bond donors (Lipinski definition) is 1. The topological polar surface area (TPSA) is 47.6 Å². The third-order valence-electron chi connectivity index (χ3n) is 4.14. The van der Waals surface area contributed by atoms with Gasteiger partial charge in [0, 0.05) is 10.0 Å². The first-order chi connectivity index (χ1) is 13.6. The lowest BCUT2D eigenvalue weighted by atomic mass is 9.98. The van der Waals surface area contributed by atoms with Gasteiger partial charge in [-0.15, -0.1) is 0 Å². The van der Waals surface area contributed by atoms with Gasteiger partial charge in [-0.05, 0) is 29.8 Å². The number of methoxy groups -OCH3 is 1. The van der Waals surface area contributed by atoms with Crippen LogP contribution in [0.15, 0.2) is 77.3 Å². The van der Waals surface area contributed by atoms with Gasteiger partial charge >= 0.3 is 0 Å². The van der Waals surface area contributed by atoms with Gasteiger partial charge in [-0.3, -0.25) is 4.79 Å². The molecular weight excluding hydrogens is 425 g/mol. The Morgan fingerprint density at radius 3 is 2.39 bits per heavy atom. The molecule has 1 amide bonds. The molecule has 6 heteroatoms. The summed E-state index contributed by atoms with van der Waals surface area (Å²) in [4.78, 5) is 12.5. The van der Waals surface area contributed by atoms with Gasteiger partial charge in [-0.1, -0.05) is 64.5 Å². The highest BCUT2D eigenvalue weighted by atomic mass is 79.9. The molecule has 0 aliphatic heterocycles. The number of ether oxygens (including phenoxy) is 2. The zero-order chi connectivity index (χ0) is 19.9. The maximum absolute atomic E-state index is 14.6. The van der Waals surface area contributed by atoms with Crippen molar-refractivity contribution in [1.82, 2.24) is 5.32 Å². The quantitative estimate of drug-likeness (QED) is 0.565. The molecule has 0 aromatic heterocycles. The fraction of sp³-hybridized carbons (Fsp3) is 0.136. The Balaban J connectivity index is 1.78. The summed E-state index contributed by atoms with van der Waals surface area (Å²) in [6.07, 6.45) is 0. The van der Waals surface area contributed by atoms with Crippen LogP contribution in [-0.2, 0) is 4.79 Å². The van der Waals surface area contributed by atoms with Gasteiger partial charge in [0.2, 0.25) is 0 Å². The highest BCUT2D eigenvalue weighted by Crippen LogP contribution is 2.28. The Kier molecular flexibility index (Phi) is 6.66. The number of halogens is 2. The van der Waals surface area contributed by atoms with Gasteiger partial charge in [0.15, 0.2) is 18.1 Å². The van der Waals surface area contributed by atoms with Crippen molar-refractivity contribution in [1.29, 1.82) is 0 Å². The molecule has 1 atom stereocenters. The van der Waals surface area contributed by atoms with Crippen molar-refractivity contribution in [3.8, 4) is 11.5 Å². The lowest BCUT2D eigenvalue weighted by molar-refractivity contribution is -0.123. The Labute approximate surface area is 171 Å². The van der Waals surface area contributed by atoms with Gasteiger partial charge in [-0.25, -0.2) is 4.39 Å². The predicted molar refractivity (Wildman–Crippen MR) is 109 cm³/mol. The summed E-state index contributed by atoms with van der Waals surface area (Å²) in [5.74, 6) is 0.219. The monoisotopic (exact) mass is 443 g/mol. The second kappa shape index (κ2) is 9.37. The molecule has 0 aliphatic rings. The first-order valence-electron chi connectivity index (χ1n) is 8.63. The standard InChI is InChI=1S/C22H19BrFNO3/c1-27-19-9-5-6-10-20(19)28-14-21(26)25-22(15-7-3-2-4-8-15)17-12-11-16(23)13-18(17)24/h2-13,22H,14H2,1H3,(H,25,26)/t22-/m0/s1. The largest absolute Gasteiger partial charge is 0.493 e. The Morgan fingerprint density at radius 2 is 1.71 bits per heavy atom. The number of para-hydroxylation sites is 2. The van der Waals surface area contributed by atoms with Crippen molar-refractivity contribution >= 4 is 21.8 Å². The minimum atomic E-state index is -0.636. The van der Waals surface area contributed by atoms with E-state index in [0.717, 1.165) is 5.56 Å². The lowest BCUT2D eigenvalue weighted by Gasteiger charge is -2.21. The maximum Gasteiger partial charge on any atom is 0.258 e. The smallest absolute Gasteiger partial charge is 0.258 e. The summed E-state index contributed by atoms with van der Waals surface area (Å²) < 4.78 is 26.0. The summed E-state index contributed by atoms with van der Waals surface area (Å²) >= 11 is 3.26. The molecule has 0 aliphatic carbocycles. The van der Waals surface area contributed by atoms with Crippen molar-refractivity contribution in [2.24, 2.45) is 0 Å². The minimum Gasteiger partial charge on any atom is -0.493 e. The van der Waals surface area contributed by atoms with Crippen LogP contribution in [-0.4, -0.2) is 19.6 Å². The third-order valence-corrected chi connectivity index (χ3v) is 4.63. The normalized spacial score (nSPS) is 11.5. The molecule has 3 aromatic rings. The van der Waals surface area contributed by atoms with Crippen molar-refractivity contribution in [3.63, 3.8) is 0 Å². The number of nitrogens with one attached hydrogen (secondary N) is 1. The van der Waals surface area contributed by atoms with E-state index in [1.165, 1.54) is 13.2 Å². The molecule has 0 spiro atoms. The number of carbonyl (C=O) groups excluding carboxylic acids is 1. The van der Waals surface area contributed by atoms with Crippen molar-refractivity contribution in [3.05, 3.63) is 94.2 Å². The molecule has 28 heavy (non-hydrogen) atoms. The molecule has 0 saturated heterocycles. The molecule has 0 unspecified atom stereocenters. The Hall–Kier alpha value is -2.86. The van der Waals surface area contributed by atoms with E-state index < -0.39 is 11.9 Å². The number of amides is 1. The molecular formula is C22H19BrFNO3. The van der Waals surface area contributed by atoms with E-state index in [-0.39, 0.29) is 12.5 Å². The zero-order valence-electron chi connectivity index (χ0n) is 15.2. The molecule has 1 N–H and O–H groups in total. The summed E-state index contributed by atoms with van der Waals surface area (Å²) in [6.45, 7) is -0.220.